The Morgan fingerprint density at radius 3 is 2.21 bits per heavy atom. The van der Waals surface area contributed by atoms with Gasteiger partial charge in [0, 0.05) is 5.69 Å². The number of nitrogens with one attached hydrogen (secondary N) is 1. The third-order valence-corrected chi connectivity index (χ3v) is 4.28. The molecule has 28 heavy (non-hydrogen) atoms. The maximum atomic E-state index is 11.2. The van der Waals surface area contributed by atoms with Gasteiger partial charge in [0.05, 0.1) is 11.4 Å². The molecule has 1 fully saturated rings. The number of rotatable bonds is 5. The second-order valence-electron chi connectivity index (χ2n) is 6.39. The van der Waals surface area contributed by atoms with Gasteiger partial charge in [-0.15, -0.1) is 0 Å². The number of aliphatic hydroxyl groups is 3. The minimum atomic E-state index is -1.79. The van der Waals surface area contributed by atoms with Crippen LogP contribution in [-0.2, 0) is 9.53 Å². The fourth-order valence-electron chi connectivity index (χ4n) is 2.85. The molecule has 2 aromatic rings. The van der Waals surface area contributed by atoms with Crippen LogP contribution in [0.4, 0.5) is 11.6 Å². The van der Waals surface area contributed by atoms with Crippen molar-refractivity contribution in [3.63, 3.8) is 0 Å². The van der Waals surface area contributed by atoms with E-state index < -0.39 is 36.7 Å². The number of aromatic nitrogens is 2. The lowest BCUT2D eigenvalue weighted by Crippen LogP contribution is -2.61. The van der Waals surface area contributed by atoms with Gasteiger partial charge in [-0.25, -0.2) is 14.8 Å². The molecule has 3 rings (SSSR count). The Bertz CT molecular complexity index is 825. The number of nitrogens with zero attached hydrogens (tertiary/aromatic N) is 2. The number of aliphatic carboxylic acids is 1. The van der Waals surface area contributed by atoms with Crippen molar-refractivity contribution in [2.75, 3.05) is 5.32 Å². The molecule has 0 aliphatic carbocycles. The molecule has 5 atom stereocenters. The normalized spacial score (nSPS) is 27.2. The van der Waals surface area contributed by atoms with Crippen molar-refractivity contribution in [1.82, 2.24) is 9.97 Å². The highest BCUT2D eigenvalue weighted by Gasteiger charge is 2.48. The Labute approximate surface area is 160 Å². The Kier molecular flexibility index (Phi) is 5.75. The summed E-state index contributed by atoms with van der Waals surface area (Å²) < 4.78 is 10.7. The number of hydrogen-bond donors (Lipinski definition) is 5. The molecule has 5 N–H and O–H groups in total. The molecule has 10 heteroatoms. The van der Waals surface area contributed by atoms with Crippen molar-refractivity contribution >= 4 is 17.6 Å². The van der Waals surface area contributed by atoms with Crippen LogP contribution in [0, 0.1) is 13.8 Å². The largest absolute Gasteiger partial charge is 0.479 e. The predicted octanol–water partition coefficient (Wildman–Crippen LogP) is 0.108. The van der Waals surface area contributed by atoms with Crippen molar-refractivity contribution in [2.24, 2.45) is 0 Å². The number of carbonyl (C=O) groups is 1. The van der Waals surface area contributed by atoms with Gasteiger partial charge >= 0.3 is 5.97 Å². The maximum Gasteiger partial charge on any atom is 0.335 e. The number of para-hydroxylation sites is 1. The molecular formula is C18H21N3O7. The molecule has 150 valence electrons. The summed E-state index contributed by atoms with van der Waals surface area (Å²) in [6.45, 7) is 3.30. The van der Waals surface area contributed by atoms with Crippen LogP contribution in [0.2, 0.25) is 0 Å². The van der Waals surface area contributed by atoms with E-state index in [0.717, 1.165) is 5.69 Å². The summed E-state index contributed by atoms with van der Waals surface area (Å²) in [7, 11) is 0. The number of aliphatic hydroxyl groups excluding tert-OH is 3. The van der Waals surface area contributed by atoms with E-state index in [-0.39, 0.29) is 5.75 Å². The van der Waals surface area contributed by atoms with E-state index in [1.807, 2.05) is 30.3 Å². The minimum Gasteiger partial charge on any atom is -0.479 e. The summed E-state index contributed by atoms with van der Waals surface area (Å²) >= 11 is 0. The average molecular weight is 391 g/mol. The van der Waals surface area contributed by atoms with Crippen LogP contribution < -0.4 is 10.1 Å². The summed E-state index contributed by atoms with van der Waals surface area (Å²) in [5, 5.41) is 41.9. The van der Waals surface area contributed by atoms with Gasteiger partial charge in [-0.1, -0.05) is 18.2 Å². The summed E-state index contributed by atoms with van der Waals surface area (Å²) in [5.41, 5.74) is 1.62. The van der Waals surface area contributed by atoms with Gasteiger partial charge in [-0.2, -0.15) is 0 Å². The molecule has 1 aromatic carbocycles. The SMILES string of the molecule is Cc1nc(Nc2ccccc2)nc(C)c1O[C@@H]1O[C@H](C(=O)O)[C@@H](O)[C@H](O)[C@H]1O. The maximum absolute atomic E-state index is 11.2. The lowest BCUT2D eigenvalue weighted by Gasteiger charge is -2.38. The standard InChI is InChI=1S/C18H21N3O7/c1-8-14(9(2)20-18(19-8)21-10-6-4-3-5-7-10)27-17-13(24)11(22)12(23)15(28-17)16(25)26/h3-7,11-13,15,17,22-24H,1-2H3,(H,25,26)(H,19,20,21)/t11-,12-,13+,15-,17+/m0/s1. The lowest BCUT2D eigenvalue weighted by molar-refractivity contribution is -0.271. The molecule has 10 nitrogen and oxygen atoms in total. The highest BCUT2D eigenvalue weighted by molar-refractivity contribution is 5.73. The quantitative estimate of drug-likeness (QED) is 0.474. The molecule has 1 aromatic heterocycles. The third-order valence-electron chi connectivity index (χ3n) is 4.28. The van der Waals surface area contributed by atoms with Crippen LogP contribution in [0.3, 0.4) is 0 Å². The van der Waals surface area contributed by atoms with E-state index in [2.05, 4.69) is 15.3 Å². The van der Waals surface area contributed by atoms with Gasteiger partial charge in [0.25, 0.3) is 0 Å². The summed E-state index contributed by atoms with van der Waals surface area (Å²) in [5.74, 6) is -0.980. The zero-order valence-electron chi connectivity index (χ0n) is 15.2. The molecule has 0 saturated carbocycles. The smallest absolute Gasteiger partial charge is 0.335 e. The van der Waals surface area contributed by atoms with Crippen LogP contribution in [-0.4, -0.2) is 67.1 Å². The molecule has 1 aliphatic rings. The van der Waals surface area contributed by atoms with E-state index in [4.69, 9.17) is 14.6 Å². The van der Waals surface area contributed by atoms with E-state index in [0.29, 0.717) is 17.3 Å². The zero-order valence-corrected chi connectivity index (χ0v) is 15.2. The highest BCUT2D eigenvalue weighted by atomic mass is 16.7. The van der Waals surface area contributed by atoms with Gasteiger partial charge in [0.15, 0.2) is 11.9 Å². The van der Waals surface area contributed by atoms with Crippen molar-refractivity contribution < 1.29 is 34.7 Å². The Balaban J connectivity index is 1.81. The monoisotopic (exact) mass is 391 g/mol. The zero-order chi connectivity index (χ0) is 20.4. The number of ether oxygens (including phenoxy) is 2. The molecule has 0 spiro atoms. The van der Waals surface area contributed by atoms with Crippen molar-refractivity contribution in [1.29, 1.82) is 0 Å². The fraction of sp³-hybridized carbons (Fsp3) is 0.389. The number of hydrogen-bond acceptors (Lipinski definition) is 9. The van der Waals surface area contributed by atoms with Crippen molar-refractivity contribution in [2.45, 2.75) is 44.6 Å². The molecule has 0 bridgehead atoms. The van der Waals surface area contributed by atoms with E-state index in [1.54, 1.807) is 13.8 Å². The topological polar surface area (TPSA) is 154 Å². The minimum absolute atomic E-state index is 0.176. The molecule has 0 unspecified atom stereocenters. The number of anilines is 2. The summed E-state index contributed by atoms with van der Waals surface area (Å²) in [6, 6.07) is 9.30. The molecule has 1 saturated heterocycles. The van der Waals surface area contributed by atoms with Crippen LogP contribution in [0.15, 0.2) is 30.3 Å². The van der Waals surface area contributed by atoms with Crippen molar-refractivity contribution in [3.8, 4) is 5.75 Å². The number of carboxylic acids is 1. The summed E-state index contributed by atoms with van der Waals surface area (Å²) in [6.07, 6.45) is -8.47. The Morgan fingerprint density at radius 1 is 1.04 bits per heavy atom. The molecule has 0 radical (unpaired) electrons. The molecule has 0 amide bonds. The number of aryl methyl sites for hydroxylation is 2. The predicted molar refractivity (Wildman–Crippen MR) is 96.2 cm³/mol. The second kappa shape index (κ2) is 8.07. The first kappa shape index (κ1) is 20.0. The van der Waals surface area contributed by atoms with Crippen LogP contribution in [0.25, 0.3) is 0 Å². The number of benzene rings is 1. The molecule has 2 heterocycles. The third kappa shape index (κ3) is 4.04. The van der Waals surface area contributed by atoms with Crippen LogP contribution in [0.5, 0.6) is 5.75 Å². The average Bonchev–Trinajstić information content (AvgIpc) is 2.65. The Hall–Kier alpha value is -2.79. The van der Waals surface area contributed by atoms with Crippen molar-refractivity contribution in [3.05, 3.63) is 41.7 Å². The van der Waals surface area contributed by atoms with E-state index >= 15 is 0 Å². The second-order valence-corrected chi connectivity index (χ2v) is 6.39. The van der Waals surface area contributed by atoms with Gasteiger partial charge in [0.1, 0.15) is 18.3 Å². The first-order valence-corrected chi connectivity index (χ1v) is 8.54. The fourth-order valence-corrected chi connectivity index (χ4v) is 2.85. The van der Waals surface area contributed by atoms with Crippen LogP contribution in [0.1, 0.15) is 11.4 Å². The van der Waals surface area contributed by atoms with Crippen LogP contribution >= 0.6 is 0 Å². The van der Waals surface area contributed by atoms with Gasteiger partial charge < -0.3 is 35.2 Å². The summed E-state index contributed by atoms with van der Waals surface area (Å²) in [4.78, 5) is 19.8. The molecule has 1 aliphatic heterocycles. The van der Waals surface area contributed by atoms with Gasteiger partial charge in [-0.3, -0.25) is 0 Å². The Morgan fingerprint density at radius 2 is 1.64 bits per heavy atom. The lowest BCUT2D eigenvalue weighted by atomic mass is 9.99. The van der Waals surface area contributed by atoms with Gasteiger partial charge in [0.2, 0.25) is 12.2 Å². The first-order valence-electron chi connectivity index (χ1n) is 8.54. The molecular weight excluding hydrogens is 370 g/mol. The van der Waals surface area contributed by atoms with E-state index in [9.17, 15) is 20.1 Å². The first-order chi connectivity index (χ1) is 13.3. The number of carboxylic acid groups (broad SMARTS) is 1. The highest BCUT2D eigenvalue weighted by Crippen LogP contribution is 2.28. The van der Waals surface area contributed by atoms with E-state index in [1.165, 1.54) is 0 Å². The van der Waals surface area contributed by atoms with Gasteiger partial charge in [-0.05, 0) is 26.0 Å².